The number of aromatic nitrogens is 2. The van der Waals surface area contributed by atoms with Gasteiger partial charge in [0.05, 0.1) is 5.52 Å². The number of fused-ring (bicyclic) bond motifs is 1. The Morgan fingerprint density at radius 3 is 2.87 bits per heavy atom. The molecule has 0 unspecified atom stereocenters. The van der Waals surface area contributed by atoms with Crippen LogP contribution in [-0.4, -0.2) is 22.0 Å². The Bertz CT molecular complexity index is 551. The molecule has 0 aliphatic rings. The van der Waals surface area contributed by atoms with E-state index in [4.69, 9.17) is 5.73 Å². The SMILES string of the molecule is Nc1ccc2ncnc(C(=O)C=O)c2c1. The third kappa shape index (κ3) is 1.54. The highest BCUT2D eigenvalue weighted by Crippen LogP contribution is 2.17. The highest BCUT2D eigenvalue weighted by molar-refractivity contribution is 6.35. The first-order valence-corrected chi connectivity index (χ1v) is 4.22. The fourth-order valence-corrected chi connectivity index (χ4v) is 1.33. The van der Waals surface area contributed by atoms with E-state index in [0.717, 1.165) is 0 Å². The van der Waals surface area contributed by atoms with Gasteiger partial charge in [0.1, 0.15) is 12.0 Å². The second-order valence-corrected chi connectivity index (χ2v) is 2.98. The molecule has 5 nitrogen and oxygen atoms in total. The molecular formula is C10H7N3O2. The Kier molecular flexibility index (Phi) is 2.13. The maximum Gasteiger partial charge on any atom is 0.244 e. The molecule has 2 aromatic rings. The minimum absolute atomic E-state index is 0.0855. The summed E-state index contributed by atoms with van der Waals surface area (Å²) in [6.45, 7) is 0. The quantitative estimate of drug-likeness (QED) is 0.332. The molecular weight excluding hydrogens is 194 g/mol. The number of ketones is 1. The molecule has 0 fully saturated rings. The van der Waals surface area contributed by atoms with E-state index in [1.54, 1.807) is 18.2 Å². The Morgan fingerprint density at radius 2 is 2.13 bits per heavy atom. The van der Waals surface area contributed by atoms with Crippen molar-refractivity contribution in [1.29, 1.82) is 0 Å². The molecule has 2 rings (SSSR count). The summed E-state index contributed by atoms with van der Waals surface area (Å²) < 4.78 is 0. The summed E-state index contributed by atoms with van der Waals surface area (Å²) in [6, 6.07) is 4.92. The van der Waals surface area contributed by atoms with Gasteiger partial charge >= 0.3 is 0 Å². The van der Waals surface area contributed by atoms with Gasteiger partial charge in [-0.05, 0) is 18.2 Å². The number of aldehydes is 1. The van der Waals surface area contributed by atoms with E-state index in [-0.39, 0.29) is 12.0 Å². The van der Waals surface area contributed by atoms with Crippen LogP contribution >= 0.6 is 0 Å². The Balaban J connectivity index is 2.79. The van der Waals surface area contributed by atoms with Crippen LogP contribution in [0.3, 0.4) is 0 Å². The minimum atomic E-state index is -0.673. The zero-order valence-electron chi connectivity index (χ0n) is 7.68. The molecule has 0 amide bonds. The van der Waals surface area contributed by atoms with Crippen LogP contribution in [0.1, 0.15) is 10.5 Å². The summed E-state index contributed by atoms with van der Waals surface area (Å²) in [6.07, 6.45) is 1.47. The summed E-state index contributed by atoms with van der Waals surface area (Å²) in [5.74, 6) is -0.673. The molecule has 5 heteroatoms. The monoisotopic (exact) mass is 201 g/mol. The van der Waals surface area contributed by atoms with E-state index in [1.165, 1.54) is 6.33 Å². The first kappa shape index (κ1) is 9.26. The predicted octanol–water partition coefficient (Wildman–Crippen LogP) is 0.594. The fraction of sp³-hybridized carbons (Fsp3) is 0. The van der Waals surface area contributed by atoms with Gasteiger partial charge in [0.15, 0.2) is 6.29 Å². The Hall–Kier alpha value is -2.30. The first-order valence-electron chi connectivity index (χ1n) is 4.22. The van der Waals surface area contributed by atoms with Gasteiger partial charge in [0, 0.05) is 11.1 Å². The largest absolute Gasteiger partial charge is 0.399 e. The number of hydrogen-bond acceptors (Lipinski definition) is 5. The average Bonchev–Trinajstić information content (AvgIpc) is 2.27. The molecule has 74 valence electrons. The van der Waals surface area contributed by atoms with Crippen molar-refractivity contribution < 1.29 is 9.59 Å². The van der Waals surface area contributed by atoms with Gasteiger partial charge in [-0.25, -0.2) is 9.97 Å². The molecule has 0 saturated heterocycles. The maximum atomic E-state index is 11.2. The van der Waals surface area contributed by atoms with Gasteiger partial charge in [-0.1, -0.05) is 0 Å². The summed E-state index contributed by atoms with van der Waals surface area (Å²) >= 11 is 0. The van der Waals surface area contributed by atoms with Crippen molar-refractivity contribution in [2.45, 2.75) is 0 Å². The zero-order valence-corrected chi connectivity index (χ0v) is 7.68. The number of carbonyl (C=O) groups is 2. The number of Topliss-reactive ketones (excluding diaryl/α,β-unsaturated/α-hetero) is 1. The van der Waals surface area contributed by atoms with E-state index in [2.05, 4.69) is 9.97 Å². The molecule has 0 spiro atoms. The second kappa shape index (κ2) is 3.45. The first-order chi connectivity index (χ1) is 7.22. The van der Waals surface area contributed by atoms with Crippen LogP contribution in [0.4, 0.5) is 5.69 Å². The molecule has 0 radical (unpaired) electrons. The van der Waals surface area contributed by atoms with E-state index in [0.29, 0.717) is 16.6 Å². The molecule has 0 bridgehead atoms. The Labute approximate surface area is 84.9 Å². The van der Waals surface area contributed by atoms with Gasteiger partial charge in [-0.2, -0.15) is 0 Å². The van der Waals surface area contributed by atoms with E-state index >= 15 is 0 Å². The van der Waals surface area contributed by atoms with Crippen LogP contribution in [0.2, 0.25) is 0 Å². The third-order valence-corrected chi connectivity index (χ3v) is 2.00. The number of nitrogen functional groups attached to an aromatic ring is 1. The smallest absolute Gasteiger partial charge is 0.244 e. The summed E-state index contributed by atoms with van der Waals surface area (Å²) in [4.78, 5) is 29.4. The number of hydrogen-bond donors (Lipinski definition) is 1. The molecule has 2 N–H and O–H groups in total. The fourth-order valence-electron chi connectivity index (χ4n) is 1.33. The van der Waals surface area contributed by atoms with Gasteiger partial charge in [0.25, 0.3) is 0 Å². The zero-order chi connectivity index (χ0) is 10.8. The highest BCUT2D eigenvalue weighted by atomic mass is 16.2. The van der Waals surface area contributed by atoms with Crippen molar-refractivity contribution in [2.75, 3.05) is 5.73 Å². The highest BCUT2D eigenvalue weighted by Gasteiger charge is 2.11. The van der Waals surface area contributed by atoms with Gasteiger partial charge in [0.2, 0.25) is 5.78 Å². The van der Waals surface area contributed by atoms with Crippen molar-refractivity contribution in [3.63, 3.8) is 0 Å². The number of nitrogens with two attached hydrogens (primary N) is 1. The molecule has 15 heavy (non-hydrogen) atoms. The number of nitrogens with zero attached hydrogens (tertiary/aromatic N) is 2. The lowest BCUT2D eigenvalue weighted by Gasteiger charge is -2.01. The van der Waals surface area contributed by atoms with Crippen LogP contribution in [0, 0.1) is 0 Å². The van der Waals surface area contributed by atoms with Crippen LogP contribution in [0.25, 0.3) is 10.9 Å². The molecule has 0 atom stereocenters. The summed E-state index contributed by atoms with van der Waals surface area (Å²) in [5.41, 5.74) is 6.75. The normalized spacial score (nSPS) is 10.1. The molecule has 0 aliphatic heterocycles. The maximum absolute atomic E-state index is 11.2. The van der Waals surface area contributed by atoms with Gasteiger partial charge < -0.3 is 5.73 Å². The van der Waals surface area contributed by atoms with Gasteiger partial charge in [-0.15, -0.1) is 0 Å². The average molecular weight is 201 g/mol. The number of benzene rings is 1. The number of rotatable bonds is 2. The van der Waals surface area contributed by atoms with Crippen molar-refractivity contribution in [2.24, 2.45) is 0 Å². The lowest BCUT2D eigenvalue weighted by Crippen LogP contribution is -2.05. The molecule has 1 aromatic heterocycles. The van der Waals surface area contributed by atoms with Crippen LogP contribution in [0.5, 0.6) is 0 Å². The molecule has 0 aliphatic carbocycles. The molecule has 1 heterocycles. The van der Waals surface area contributed by atoms with Crippen molar-refractivity contribution >= 4 is 28.7 Å². The topological polar surface area (TPSA) is 85.9 Å². The van der Waals surface area contributed by atoms with Crippen molar-refractivity contribution in [3.05, 3.63) is 30.2 Å². The second-order valence-electron chi connectivity index (χ2n) is 2.98. The van der Waals surface area contributed by atoms with E-state index in [9.17, 15) is 9.59 Å². The van der Waals surface area contributed by atoms with Gasteiger partial charge in [-0.3, -0.25) is 9.59 Å². The lowest BCUT2D eigenvalue weighted by atomic mass is 10.1. The van der Waals surface area contributed by atoms with E-state index in [1.807, 2.05) is 0 Å². The third-order valence-electron chi connectivity index (χ3n) is 2.00. The van der Waals surface area contributed by atoms with Crippen LogP contribution in [-0.2, 0) is 4.79 Å². The van der Waals surface area contributed by atoms with E-state index < -0.39 is 5.78 Å². The molecule has 1 aromatic carbocycles. The lowest BCUT2D eigenvalue weighted by molar-refractivity contribution is -0.104. The van der Waals surface area contributed by atoms with Crippen molar-refractivity contribution in [3.8, 4) is 0 Å². The van der Waals surface area contributed by atoms with Crippen LogP contribution in [0.15, 0.2) is 24.5 Å². The number of carbonyl (C=O) groups excluding carboxylic acids is 2. The minimum Gasteiger partial charge on any atom is -0.399 e. The standard InChI is InChI=1S/C10H7N3O2/c11-6-1-2-8-7(3-6)10(9(15)4-14)13-5-12-8/h1-5H,11H2. The molecule has 0 saturated carbocycles. The summed E-state index contributed by atoms with van der Waals surface area (Å²) in [5, 5.41) is 0.495. The number of anilines is 1. The Morgan fingerprint density at radius 1 is 1.33 bits per heavy atom. The predicted molar refractivity (Wildman–Crippen MR) is 54.3 cm³/mol. The van der Waals surface area contributed by atoms with Crippen LogP contribution < -0.4 is 5.73 Å². The van der Waals surface area contributed by atoms with Crippen molar-refractivity contribution in [1.82, 2.24) is 9.97 Å². The summed E-state index contributed by atoms with van der Waals surface area (Å²) in [7, 11) is 0.